The second kappa shape index (κ2) is 5.35. The number of hydrogen-bond donors (Lipinski definition) is 1. The van der Waals surface area contributed by atoms with Crippen LogP contribution in [0.4, 0.5) is 0 Å². The molecule has 0 saturated heterocycles. The zero-order valence-corrected chi connectivity index (χ0v) is 12.8. The lowest BCUT2D eigenvalue weighted by Crippen LogP contribution is -2.31. The molecule has 0 aromatic carbocycles. The van der Waals surface area contributed by atoms with Gasteiger partial charge in [0.25, 0.3) is 5.91 Å². The molecule has 21 heavy (non-hydrogen) atoms. The molecule has 6 nitrogen and oxygen atoms in total. The van der Waals surface area contributed by atoms with Crippen LogP contribution in [0.5, 0.6) is 0 Å². The van der Waals surface area contributed by atoms with Gasteiger partial charge in [0.2, 0.25) is 0 Å². The maximum absolute atomic E-state index is 12.5. The van der Waals surface area contributed by atoms with Crippen molar-refractivity contribution in [2.24, 2.45) is 7.05 Å². The quantitative estimate of drug-likeness (QED) is 0.935. The predicted molar refractivity (Wildman–Crippen MR) is 79.0 cm³/mol. The molecule has 2 aromatic rings. The molecular weight excluding hydrogens is 266 g/mol. The van der Waals surface area contributed by atoms with Crippen LogP contribution in [0.1, 0.15) is 53.1 Å². The molecular formula is C15H21N5O. The van der Waals surface area contributed by atoms with Gasteiger partial charge in [0.05, 0.1) is 23.5 Å². The highest BCUT2D eigenvalue weighted by atomic mass is 16.1. The summed E-state index contributed by atoms with van der Waals surface area (Å²) in [5, 5.41) is 11.8. The van der Waals surface area contributed by atoms with E-state index in [-0.39, 0.29) is 11.9 Å². The molecule has 2 heterocycles. The first-order chi connectivity index (χ1) is 10.1. The normalized spacial score (nSPS) is 17.6. The average molecular weight is 287 g/mol. The van der Waals surface area contributed by atoms with E-state index >= 15 is 0 Å². The van der Waals surface area contributed by atoms with E-state index in [9.17, 15) is 4.79 Å². The van der Waals surface area contributed by atoms with Crippen LogP contribution in [0.3, 0.4) is 0 Å². The van der Waals surface area contributed by atoms with Gasteiger partial charge in [0.15, 0.2) is 0 Å². The van der Waals surface area contributed by atoms with E-state index in [2.05, 4.69) is 15.5 Å². The Morgan fingerprint density at radius 3 is 3.05 bits per heavy atom. The van der Waals surface area contributed by atoms with E-state index in [0.717, 1.165) is 37.1 Å². The summed E-state index contributed by atoms with van der Waals surface area (Å²) in [6.07, 6.45) is 6.76. The van der Waals surface area contributed by atoms with Gasteiger partial charge < -0.3 is 5.32 Å². The lowest BCUT2D eigenvalue weighted by molar-refractivity contribution is 0.0932. The SMILES string of the molecule is CCn1cc(C(=O)N[C@H]2CCCc3c2cnn3C)c(C)n1. The topological polar surface area (TPSA) is 64.7 Å². The lowest BCUT2D eigenvalue weighted by atomic mass is 9.93. The summed E-state index contributed by atoms with van der Waals surface area (Å²) in [6.45, 7) is 4.65. The number of nitrogens with one attached hydrogen (secondary N) is 1. The molecule has 0 radical (unpaired) electrons. The van der Waals surface area contributed by atoms with Gasteiger partial charge in [-0.25, -0.2) is 0 Å². The standard InChI is InChI=1S/C15H21N5O/c1-4-20-9-12(10(2)18-20)15(21)17-13-6-5-7-14-11(13)8-16-19(14)3/h8-9,13H,4-7H2,1-3H3,(H,17,21)/t13-/m0/s1. The van der Waals surface area contributed by atoms with Gasteiger partial charge in [-0.05, 0) is 33.1 Å². The van der Waals surface area contributed by atoms with E-state index < -0.39 is 0 Å². The molecule has 0 spiro atoms. The fourth-order valence-corrected chi connectivity index (χ4v) is 2.99. The first-order valence-corrected chi connectivity index (χ1v) is 7.45. The fraction of sp³-hybridized carbons (Fsp3) is 0.533. The highest BCUT2D eigenvalue weighted by Gasteiger charge is 2.26. The molecule has 0 bridgehead atoms. The Hall–Kier alpha value is -2.11. The van der Waals surface area contributed by atoms with E-state index in [1.165, 1.54) is 5.69 Å². The number of rotatable bonds is 3. The zero-order chi connectivity index (χ0) is 15.0. The molecule has 1 aliphatic carbocycles. The first kappa shape index (κ1) is 13.9. The van der Waals surface area contributed by atoms with Gasteiger partial charge in [0, 0.05) is 31.0 Å². The molecule has 1 amide bonds. The zero-order valence-electron chi connectivity index (χ0n) is 12.8. The van der Waals surface area contributed by atoms with Gasteiger partial charge in [0.1, 0.15) is 0 Å². The molecule has 3 rings (SSSR count). The number of fused-ring (bicyclic) bond motifs is 1. The van der Waals surface area contributed by atoms with Crippen molar-refractivity contribution in [1.29, 1.82) is 0 Å². The number of aryl methyl sites for hydroxylation is 3. The molecule has 1 N–H and O–H groups in total. The molecule has 0 aliphatic heterocycles. The summed E-state index contributed by atoms with van der Waals surface area (Å²) in [7, 11) is 1.96. The van der Waals surface area contributed by atoms with Crippen molar-refractivity contribution in [3.05, 3.63) is 34.9 Å². The third kappa shape index (κ3) is 2.46. The van der Waals surface area contributed by atoms with E-state index in [0.29, 0.717) is 5.56 Å². The Balaban J connectivity index is 1.81. The first-order valence-electron chi connectivity index (χ1n) is 7.45. The summed E-state index contributed by atoms with van der Waals surface area (Å²) < 4.78 is 3.70. The van der Waals surface area contributed by atoms with Gasteiger partial charge in [-0.2, -0.15) is 10.2 Å². The van der Waals surface area contributed by atoms with Crippen LogP contribution < -0.4 is 5.32 Å². The van der Waals surface area contributed by atoms with Crippen LogP contribution in [0.2, 0.25) is 0 Å². The van der Waals surface area contributed by atoms with Crippen molar-refractivity contribution in [3.8, 4) is 0 Å². The van der Waals surface area contributed by atoms with Crippen LogP contribution in [-0.2, 0) is 20.0 Å². The van der Waals surface area contributed by atoms with Crippen LogP contribution in [-0.4, -0.2) is 25.5 Å². The minimum atomic E-state index is -0.0473. The Morgan fingerprint density at radius 2 is 2.33 bits per heavy atom. The number of aromatic nitrogens is 4. The van der Waals surface area contributed by atoms with Crippen molar-refractivity contribution in [1.82, 2.24) is 24.9 Å². The van der Waals surface area contributed by atoms with E-state index in [1.807, 2.05) is 38.0 Å². The number of carbonyl (C=O) groups excluding carboxylic acids is 1. The maximum Gasteiger partial charge on any atom is 0.255 e. The Labute approximate surface area is 124 Å². The third-order valence-corrected chi connectivity index (χ3v) is 4.20. The summed E-state index contributed by atoms with van der Waals surface area (Å²) in [4.78, 5) is 12.5. The van der Waals surface area contributed by atoms with Crippen LogP contribution in [0.15, 0.2) is 12.4 Å². The minimum Gasteiger partial charge on any atom is -0.345 e. The van der Waals surface area contributed by atoms with Gasteiger partial charge >= 0.3 is 0 Å². The smallest absolute Gasteiger partial charge is 0.255 e. The molecule has 1 aliphatic rings. The predicted octanol–water partition coefficient (Wildman–Crippen LogP) is 1.75. The maximum atomic E-state index is 12.5. The van der Waals surface area contributed by atoms with Gasteiger partial charge in [-0.15, -0.1) is 0 Å². The van der Waals surface area contributed by atoms with Crippen molar-refractivity contribution < 1.29 is 4.79 Å². The summed E-state index contributed by atoms with van der Waals surface area (Å²) >= 11 is 0. The molecule has 1 atom stereocenters. The Morgan fingerprint density at radius 1 is 1.52 bits per heavy atom. The van der Waals surface area contributed by atoms with Crippen molar-refractivity contribution in [2.45, 2.75) is 45.7 Å². The molecule has 0 unspecified atom stereocenters. The number of carbonyl (C=O) groups is 1. The van der Waals surface area contributed by atoms with Crippen molar-refractivity contribution in [3.63, 3.8) is 0 Å². The summed E-state index contributed by atoms with van der Waals surface area (Å²) in [5.41, 5.74) is 3.81. The minimum absolute atomic E-state index is 0.0473. The Kier molecular flexibility index (Phi) is 3.53. The molecule has 112 valence electrons. The number of hydrogen-bond acceptors (Lipinski definition) is 3. The fourth-order valence-electron chi connectivity index (χ4n) is 2.99. The number of amides is 1. The summed E-state index contributed by atoms with van der Waals surface area (Å²) in [6, 6.07) is 0.0549. The van der Waals surface area contributed by atoms with Gasteiger partial charge in [-0.3, -0.25) is 14.2 Å². The molecule has 6 heteroatoms. The van der Waals surface area contributed by atoms with E-state index in [4.69, 9.17) is 0 Å². The average Bonchev–Trinajstić information content (AvgIpc) is 3.03. The molecule has 2 aromatic heterocycles. The number of nitrogens with zero attached hydrogens (tertiary/aromatic N) is 4. The second-order valence-corrected chi connectivity index (χ2v) is 5.57. The van der Waals surface area contributed by atoms with Crippen LogP contribution in [0, 0.1) is 6.92 Å². The van der Waals surface area contributed by atoms with Crippen molar-refractivity contribution >= 4 is 5.91 Å². The lowest BCUT2D eigenvalue weighted by Gasteiger charge is -2.23. The van der Waals surface area contributed by atoms with E-state index in [1.54, 1.807) is 4.68 Å². The van der Waals surface area contributed by atoms with Crippen molar-refractivity contribution in [2.75, 3.05) is 0 Å². The second-order valence-electron chi connectivity index (χ2n) is 5.57. The van der Waals surface area contributed by atoms with Gasteiger partial charge in [-0.1, -0.05) is 0 Å². The third-order valence-electron chi connectivity index (χ3n) is 4.20. The molecule has 0 fully saturated rings. The largest absolute Gasteiger partial charge is 0.345 e. The highest BCUT2D eigenvalue weighted by Crippen LogP contribution is 2.29. The summed E-state index contributed by atoms with van der Waals surface area (Å²) in [5.74, 6) is -0.0473. The molecule has 0 saturated carbocycles. The monoisotopic (exact) mass is 287 g/mol. The van der Waals surface area contributed by atoms with Crippen LogP contribution in [0.25, 0.3) is 0 Å². The van der Waals surface area contributed by atoms with Crippen LogP contribution >= 0.6 is 0 Å². The Bertz CT molecular complexity index is 670. The highest BCUT2D eigenvalue weighted by molar-refractivity contribution is 5.95.